The largest absolute Gasteiger partial charge is 0.354 e. The molecule has 4 fully saturated rings. The maximum Gasteiger partial charge on any atom is 0.345 e. The van der Waals surface area contributed by atoms with Gasteiger partial charge in [-0.3, -0.25) is 38.9 Å². The minimum absolute atomic E-state index is 0.0500. The molecule has 0 aromatic heterocycles. The number of nitrogens with one attached hydrogen (secondary N) is 4. The van der Waals surface area contributed by atoms with Crippen molar-refractivity contribution in [1.29, 1.82) is 0 Å². The third-order valence-electron chi connectivity index (χ3n) is 7.99. The molecule has 258 valence electrons. The van der Waals surface area contributed by atoms with Crippen molar-refractivity contribution in [3.05, 3.63) is 35.9 Å². The van der Waals surface area contributed by atoms with Crippen molar-refractivity contribution in [1.82, 2.24) is 41.5 Å². The average Bonchev–Trinajstić information content (AvgIpc) is 3.42. The lowest BCUT2D eigenvalue weighted by atomic mass is 10.0. The molecule has 0 unspecified atom stereocenters. The molecule has 4 bridgehead atoms. The highest BCUT2D eigenvalue weighted by Gasteiger charge is 2.48. The normalized spacial score (nSPS) is 22.8. The quantitative estimate of drug-likeness (QED) is 0.103. The third kappa shape index (κ3) is 9.50. The molecule has 5 N–H and O–H groups in total. The molecule has 0 radical (unpaired) electrons. The van der Waals surface area contributed by atoms with Gasteiger partial charge in [-0.15, -0.1) is 0 Å². The summed E-state index contributed by atoms with van der Waals surface area (Å²) in [5.74, 6) is -1.13. The van der Waals surface area contributed by atoms with E-state index < -0.39 is 24.0 Å². The lowest BCUT2D eigenvalue weighted by molar-refractivity contribution is -0.141. The molecule has 4 atom stereocenters. The van der Waals surface area contributed by atoms with Crippen molar-refractivity contribution in [2.45, 2.75) is 70.3 Å². The summed E-state index contributed by atoms with van der Waals surface area (Å²) in [5.41, 5.74) is 5.59. The lowest BCUT2D eigenvalue weighted by Gasteiger charge is -2.28. The Balaban J connectivity index is 0.000000223. The van der Waals surface area contributed by atoms with E-state index in [0.29, 0.717) is 57.0 Å². The van der Waals surface area contributed by atoms with Gasteiger partial charge in [0.2, 0.25) is 11.8 Å². The predicted octanol–water partition coefficient (Wildman–Crippen LogP) is -0.601. The van der Waals surface area contributed by atoms with Crippen LogP contribution >= 0.6 is 0 Å². The van der Waals surface area contributed by atoms with Crippen LogP contribution in [0.3, 0.4) is 0 Å². The van der Waals surface area contributed by atoms with Gasteiger partial charge in [-0.1, -0.05) is 30.3 Å². The third-order valence-corrected chi connectivity index (χ3v) is 7.99. The monoisotopic (exact) mass is 662 g/mol. The second-order valence-corrected chi connectivity index (χ2v) is 11.4. The maximum atomic E-state index is 12.6. The first-order valence-corrected chi connectivity index (χ1v) is 15.4. The summed E-state index contributed by atoms with van der Waals surface area (Å²) >= 11 is 0. The fraction of sp³-hybridized carbons (Fsp3) is 0.586. The van der Waals surface area contributed by atoms with E-state index >= 15 is 0 Å². The summed E-state index contributed by atoms with van der Waals surface area (Å²) < 4.78 is 0. The van der Waals surface area contributed by atoms with Crippen molar-refractivity contribution in [2.24, 2.45) is 0 Å². The summed E-state index contributed by atoms with van der Waals surface area (Å²) in [6, 6.07) is 7.28. The first kappa shape index (κ1) is 35.3. The molecule has 4 saturated heterocycles. The van der Waals surface area contributed by atoms with E-state index in [1.54, 1.807) is 0 Å². The number of carbonyl (C=O) groups is 6. The zero-order valence-corrected chi connectivity index (χ0v) is 26.4. The van der Waals surface area contributed by atoms with Crippen LogP contribution in [0.2, 0.25) is 0 Å². The predicted molar refractivity (Wildman–Crippen MR) is 160 cm³/mol. The molecule has 1 aromatic carbocycles. The summed E-state index contributed by atoms with van der Waals surface area (Å²) in [6.45, 7) is 4.78. The molecule has 4 heterocycles. The Hall–Kier alpha value is -4.52. The van der Waals surface area contributed by atoms with Gasteiger partial charge < -0.3 is 20.4 Å². The number of hydrogen-bond acceptors (Lipinski definition) is 10. The van der Waals surface area contributed by atoms with Gasteiger partial charge in [0.05, 0.1) is 25.3 Å². The SMILES string of the molecule is CC(=O)NCCONC(=O)[C@@H]1CC[C@@H]2CN1C(=O)N2O.CC(=O)NCCONC(=O)[C@@H]1CC[C@@H]2CN1C(=O)N2OCc1ccccc1. The number of carbonyl (C=O) groups excluding carboxylic acids is 6. The van der Waals surface area contributed by atoms with Crippen LogP contribution in [0.1, 0.15) is 45.1 Å². The van der Waals surface area contributed by atoms with E-state index in [4.69, 9.17) is 14.5 Å². The first-order chi connectivity index (χ1) is 22.6. The fourth-order valence-electron chi connectivity index (χ4n) is 5.65. The highest BCUT2D eigenvalue weighted by molar-refractivity contribution is 5.88. The molecule has 47 heavy (non-hydrogen) atoms. The average molecular weight is 663 g/mol. The fourth-order valence-corrected chi connectivity index (χ4v) is 5.65. The second-order valence-electron chi connectivity index (χ2n) is 11.4. The number of rotatable bonds is 13. The van der Waals surface area contributed by atoms with E-state index in [1.165, 1.54) is 28.7 Å². The van der Waals surface area contributed by atoms with E-state index in [0.717, 1.165) is 5.56 Å². The van der Waals surface area contributed by atoms with Crippen LogP contribution in [-0.4, -0.2) is 124 Å². The zero-order chi connectivity index (χ0) is 33.9. The second kappa shape index (κ2) is 16.9. The molecule has 4 aliphatic rings. The standard InChI is InChI=1S/C18H24N4O5.C11H18N4O5/c1-13(23)19-9-10-26-20-17(24)16-8-7-15-11-21(16)18(25)22(15)27-12-14-5-3-2-4-6-14;1-7(16)12-4-5-20-13-10(17)9-3-2-8-6-14(9)11(18)15(8)19/h2-6,15-16H,7-12H2,1H3,(H,19,23)(H,20,24);8-9,19H,2-6H2,1H3,(H,12,16)(H,13,17)/t15-,16+;8-,9+/m11/s1. The van der Waals surface area contributed by atoms with Crippen molar-refractivity contribution in [3.8, 4) is 0 Å². The molecular weight excluding hydrogens is 620 g/mol. The molecule has 18 heteroatoms. The Kier molecular flexibility index (Phi) is 12.7. The summed E-state index contributed by atoms with van der Waals surface area (Å²) in [5, 5.41) is 16.7. The molecule has 0 spiro atoms. The van der Waals surface area contributed by atoms with Crippen LogP contribution < -0.4 is 21.6 Å². The number of piperidine rings is 2. The lowest BCUT2D eigenvalue weighted by Crippen LogP contribution is -2.50. The van der Waals surface area contributed by atoms with Crippen molar-refractivity contribution >= 4 is 35.7 Å². The van der Waals surface area contributed by atoms with Gasteiger partial charge in [-0.05, 0) is 31.2 Å². The number of fused-ring (bicyclic) bond motifs is 4. The molecular formula is C29H42N8O10. The number of hydroxylamine groups is 6. The van der Waals surface area contributed by atoms with E-state index in [2.05, 4.69) is 21.6 Å². The van der Waals surface area contributed by atoms with Crippen LogP contribution in [0, 0.1) is 0 Å². The Morgan fingerprint density at radius 2 is 1.28 bits per heavy atom. The highest BCUT2D eigenvalue weighted by atomic mass is 16.7. The molecule has 0 saturated carbocycles. The number of urea groups is 2. The summed E-state index contributed by atoms with van der Waals surface area (Å²) in [7, 11) is 0. The Morgan fingerprint density at radius 1 is 0.766 bits per heavy atom. The van der Waals surface area contributed by atoms with Gasteiger partial charge in [-0.25, -0.2) is 25.6 Å². The Morgan fingerprint density at radius 3 is 1.83 bits per heavy atom. The van der Waals surface area contributed by atoms with Gasteiger partial charge >= 0.3 is 12.1 Å². The number of hydrogen-bond donors (Lipinski definition) is 5. The number of benzene rings is 1. The van der Waals surface area contributed by atoms with Crippen molar-refractivity contribution in [3.63, 3.8) is 0 Å². The number of amides is 8. The smallest absolute Gasteiger partial charge is 0.345 e. The molecule has 4 aliphatic heterocycles. The summed E-state index contributed by atoms with van der Waals surface area (Å²) in [4.78, 5) is 88.5. The molecule has 8 amide bonds. The van der Waals surface area contributed by atoms with Gasteiger partial charge in [0.25, 0.3) is 11.8 Å². The minimum Gasteiger partial charge on any atom is -0.354 e. The van der Waals surface area contributed by atoms with Gasteiger partial charge in [0.1, 0.15) is 18.7 Å². The molecule has 0 aliphatic carbocycles. The van der Waals surface area contributed by atoms with Gasteiger partial charge in [0, 0.05) is 40.0 Å². The molecule has 5 rings (SSSR count). The topological polar surface area (TPSA) is 211 Å². The van der Waals surface area contributed by atoms with Crippen molar-refractivity contribution < 1.29 is 48.5 Å². The van der Waals surface area contributed by atoms with E-state index in [9.17, 15) is 34.0 Å². The van der Waals surface area contributed by atoms with Crippen LogP contribution in [0.25, 0.3) is 0 Å². The van der Waals surface area contributed by atoms with Crippen LogP contribution in [0.4, 0.5) is 9.59 Å². The van der Waals surface area contributed by atoms with Gasteiger partial charge in [-0.2, -0.15) is 5.06 Å². The highest BCUT2D eigenvalue weighted by Crippen LogP contribution is 2.31. The molecule has 1 aromatic rings. The zero-order valence-electron chi connectivity index (χ0n) is 26.4. The van der Waals surface area contributed by atoms with Crippen LogP contribution in [0.5, 0.6) is 0 Å². The van der Waals surface area contributed by atoms with Gasteiger partial charge in [0.15, 0.2) is 0 Å². The Labute approximate surface area is 271 Å². The van der Waals surface area contributed by atoms with Crippen LogP contribution in [-0.2, 0) is 40.3 Å². The first-order valence-electron chi connectivity index (χ1n) is 15.4. The molecule has 18 nitrogen and oxygen atoms in total. The van der Waals surface area contributed by atoms with E-state index in [1.807, 2.05) is 30.3 Å². The minimum atomic E-state index is -0.628. The van der Waals surface area contributed by atoms with E-state index in [-0.39, 0.29) is 55.6 Å². The summed E-state index contributed by atoms with van der Waals surface area (Å²) in [6.07, 6.45) is 2.28. The maximum absolute atomic E-state index is 12.6. The Bertz CT molecular complexity index is 1290. The van der Waals surface area contributed by atoms with Crippen molar-refractivity contribution in [2.75, 3.05) is 39.4 Å². The number of nitrogens with zero attached hydrogens (tertiary/aromatic N) is 4. The van der Waals surface area contributed by atoms with Crippen LogP contribution in [0.15, 0.2) is 30.3 Å².